The van der Waals surface area contributed by atoms with Gasteiger partial charge in [0.2, 0.25) is 0 Å². The third kappa shape index (κ3) is 6.24. The smallest absolute Gasteiger partial charge is 0.410 e. The highest BCUT2D eigenvalue weighted by atomic mass is 19.4. The van der Waals surface area contributed by atoms with Gasteiger partial charge in [0, 0.05) is 6.54 Å². The molecule has 0 radical (unpaired) electrons. The van der Waals surface area contributed by atoms with Crippen molar-refractivity contribution < 1.29 is 41.9 Å². The summed E-state index contributed by atoms with van der Waals surface area (Å²) < 4.78 is 56.3. The highest BCUT2D eigenvalue weighted by Crippen LogP contribution is 2.40. The molecule has 0 bridgehead atoms. The molecule has 9 nitrogen and oxygen atoms in total. The zero-order valence-electron chi connectivity index (χ0n) is 17.4. The molecule has 1 saturated heterocycles. The number of nitrogens with zero attached hydrogens (tertiary/aromatic N) is 2. The second-order valence-corrected chi connectivity index (χ2v) is 8.01. The van der Waals surface area contributed by atoms with Gasteiger partial charge in [-0.05, 0) is 39.0 Å². The molecule has 1 aromatic carbocycles. The molecule has 32 heavy (non-hydrogen) atoms. The Hall–Kier alpha value is -3.05. The molecule has 1 aromatic rings. The quantitative estimate of drug-likeness (QED) is 0.281. The zero-order valence-corrected chi connectivity index (χ0v) is 17.4. The average molecular weight is 464 g/mol. The number of amides is 1. The highest BCUT2D eigenvalue weighted by Gasteiger charge is 2.60. The number of hydrogen-bond acceptors (Lipinski definition) is 7. The summed E-state index contributed by atoms with van der Waals surface area (Å²) >= 11 is 0. The van der Waals surface area contributed by atoms with Crippen molar-refractivity contribution in [1.82, 2.24) is 4.90 Å². The Kier molecular flexibility index (Phi) is 8.11. The molecule has 180 valence electrons. The van der Waals surface area contributed by atoms with Crippen LogP contribution in [0, 0.1) is 10.1 Å². The topological polar surface area (TPSA) is 108 Å². The van der Waals surface area contributed by atoms with E-state index in [1.165, 1.54) is 39.0 Å². The largest absolute Gasteiger partial charge is 0.465 e. The molecule has 1 fully saturated rings. The average Bonchev–Trinajstić information content (AvgIpc) is 2.65. The minimum atomic E-state index is -4.96. The molecule has 12 heteroatoms. The van der Waals surface area contributed by atoms with Gasteiger partial charge < -0.3 is 14.2 Å². The number of likely N-dealkylation sites (tertiary alicyclic amines) is 1. The monoisotopic (exact) mass is 464 g/mol. The number of ether oxygens (including phenoxy) is 3. The molecule has 0 N–H and O–H groups in total. The standard InChI is InChI=1S/C19H23F3N2O7.CH4/c1-17(2,3)31-16(26)23-9-8-18(24(27)28,11-14(23)19(20,21)22)30-13-7-5-6-12(10-13)15(25)29-4;/h5-7,10,14H,8-9,11H2,1-4H3;1H4. The Morgan fingerprint density at radius 2 is 1.88 bits per heavy atom. The number of carbonyl (C=O) groups excluding carboxylic acids is 2. The van der Waals surface area contributed by atoms with E-state index in [9.17, 15) is 32.9 Å². The minimum absolute atomic E-state index is 0. The van der Waals surface area contributed by atoms with E-state index >= 15 is 0 Å². The summed E-state index contributed by atoms with van der Waals surface area (Å²) in [7, 11) is 1.13. The summed E-state index contributed by atoms with van der Waals surface area (Å²) in [5.41, 5.74) is -3.50. The van der Waals surface area contributed by atoms with Gasteiger partial charge in [-0.15, -0.1) is 0 Å². The maximum atomic E-state index is 13.8. The van der Waals surface area contributed by atoms with Crippen molar-refractivity contribution in [1.29, 1.82) is 0 Å². The Morgan fingerprint density at radius 1 is 1.25 bits per heavy atom. The lowest BCUT2D eigenvalue weighted by atomic mass is 9.93. The second kappa shape index (κ2) is 9.61. The van der Waals surface area contributed by atoms with Crippen LogP contribution in [0.5, 0.6) is 5.75 Å². The van der Waals surface area contributed by atoms with E-state index < -0.39 is 59.9 Å². The molecule has 2 atom stereocenters. The van der Waals surface area contributed by atoms with E-state index in [4.69, 9.17) is 9.47 Å². The van der Waals surface area contributed by atoms with Gasteiger partial charge in [0.05, 0.1) is 30.4 Å². The molecule has 1 amide bonds. The summed E-state index contributed by atoms with van der Waals surface area (Å²) in [5, 5.41) is 11.8. The van der Waals surface area contributed by atoms with E-state index in [1.807, 2.05) is 0 Å². The van der Waals surface area contributed by atoms with Crippen LogP contribution >= 0.6 is 0 Å². The maximum Gasteiger partial charge on any atom is 0.410 e. The molecule has 1 aliphatic rings. The van der Waals surface area contributed by atoms with E-state index in [2.05, 4.69) is 4.74 Å². The van der Waals surface area contributed by atoms with E-state index in [-0.39, 0.29) is 18.7 Å². The Morgan fingerprint density at radius 3 is 2.38 bits per heavy atom. The van der Waals surface area contributed by atoms with Crippen LogP contribution in [0.15, 0.2) is 24.3 Å². The van der Waals surface area contributed by atoms with Crippen LogP contribution in [0.4, 0.5) is 18.0 Å². The fraction of sp³-hybridized carbons (Fsp3) is 0.600. The first kappa shape index (κ1) is 27.0. The molecule has 0 aliphatic carbocycles. The number of nitro groups is 1. The lowest BCUT2D eigenvalue weighted by molar-refractivity contribution is -0.624. The maximum absolute atomic E-state index is 13.8. The number of halogens is 3. The Balaban J connectivity index is 0.00000512. The van der Waals surface area contributed by atoms with Crippen molar-refractivity contribution in [2.24, 2.45) is 0 Å². The van der Waals surface area contributed by atoms with Crippen molar-refractivity contribution in [3.05, 3.63) is 39.9 Å². The summed E-state index contributed by atoms with van der Waals surface area (Å²) in [4.78, 5) is 35.3. The zero-order chi connectivity index (χ0) is 23.6. The van der Waals surface area contributed by atoms with E-state index in [1.54, 1.807) is 0 Å². The van der Waals surface area contributed by atoms with Gasteiger partial charge in [-0.1, -0.05) is 13.5 Å². The fourth-order valence-electron chi connectivity index (χ4n) is 3.12. The minimum Gasteiger partial charge on any atom is -0.465 e. The summed E-state index contributed by atoms with van der Waals surface area (Å²) in [6, 6.07) is 2.64. The van der Waals surface area contributed by atoms with Crippen LogP contribution in [0.25, 0.3) is 0 Å². The highest BCUT2D eigenvalue weighted by molar-refractivity contribution is 5.89. The van der Waals surface area contributed by atoms with Crippen molar-refractivity contribution in [3.8, 4) is 5.75 Å². The molecule has 0 saturated carbocycles. The molecule has 0 spiro atoms. The number of esters is 1. The van der Waals surface area contributed by atoms with Crippen LogP contribution in [0.2, 0.25) is 0 Å². The van der Waals surface area contributed by atoms with Crippen LogP contribution < -0.4 is 4.74 Å². The molecular formula is C20H27F3N2O7. The lowest BCUT2D eigenvalue weighted by Gasteiger charge is -2.42. The molecule has 2 rings (SSSR count). The van der Waals surface area contributed by atoms with Gasteiger partial charge in [-0.25, -0.2) is 9.59 Å². The van der Waals surface area contributed by atoms with Crippen molar-refractivity contribution in [2.75, 3.05) is 13.7 Å². The third-order valence-corrected chi connectivity index (χ3v) is 4.53. The normalized spacial score (nSPS) is 21.2. The number of methoxy groups -OCH3 is 1. The molecule has 2 unspecified atom stereocenters. The molecule has 1 aliphatic heterocycles. The summed E-state index contributed by atoms with van der Waals surface area (Å²) in [6.07, 6.45) is -7.85. The number of benzene rings is 1. The van der Waals surface area contributed by atoms with Crippen LogP contribution in [-0.2, 0) is 9.47 Å². The predicted octanol–water partition coefficient (Wildman–Crippen LogP) is 4.42. The van der Waals surface area contributed by atoms with Gasteiger partial charge in [0.1, 0.15) is 17.4 Å². The van der Waals surface area contributed by atoms with Crippen LogP contribution in [0.1, 0.15) is 51.4 Å². The number of piperidine rings is 1. The first-order valence-electron chi connectivity index (χ1n) is 9.27. The summed E-state index contributed by atoms with van der Waals surface area (Å²) in [6.45, 7) is 3.87. The van der Waals surface area contributed by atoms with Gasteiger partial charge in [0.25, 0.3) is 0 Å². The summed E-state index contributed by atoms with van der Waals surface area (Å²) in [5.74, 6) is -0.917. The fourth-order valence-corrected chi connectivity index (χ4v) is 3.12. The number of hydrogen-bond donors (Lipinski definition) is 0. The van der Waals surface area contributed by atoms with Crippen molar-refractivity contribution >= 4 is 12.1 Å². The predicted molar refractivity (Wildman–Crippen MR) is 107 cm³/mol. The molecule has 0 aromatic heterocycles. The van der Waals surface area contributed by atoms with Crippen LogP contribution in [0.3, 0.4) is 0 Å². The first-order chi connectivity index (χ1) is 14.2. The van der Waals surface area contributed by atoms with Gasteiger partial charge in [-0.2, -0.15) is 13.2 Å². The van der Waals surface area contributed by atoms with Crippen LogP contribution in [-0.4, -0.2) is 59.1 Å². The SMILES string of the molecule is C.COC(=O)c1cccc(OC2([N+](=O)[O-])CCN(C(=O)OC(C)(C)C)C(C(F)(F)F)C2)c1. The van der Waals surface area contributed by atoms with E-state index in [0.29, 0.717) is 4.90 Å². The third-order valence-electron chi connectivity index (χ3n) is 4.53. The lowest BCUT2D eigenvalue weighted by Crippen LogP contribution is -2.62. The molecule has 1 heterocycles. The first-order valence-corrected chi connectivity index (χ1v) is 9.27. The number of alkyl halides is 3. The Bertz CT molecular complexity index is 854. The number of carbonyl (C=O) groups is 2. The van der Waals surface area contributed by atoms with Crippen molar-refractivity contribution in [2.45, 2.75) is 64.6 Å². The Labute approximate surface area is 183 Å². The number of rotatable bonds is 4. The van der Waals surface area contributed by atoms with Gasteiger partial charge in [0.15, 0.2) is 0 Å². The van der Waals surface area contributed by atoms with E-state index in [0.717, 1.165) is 13.2 Å². The van der Waals surface area contributed by atoms with Crippen molar-refractivity contribution in [3.63, 3.8) is 0 Å². The van der Waals surface area contributed by atoms with Gasteiger partial charge >= 0.3 is 24.0 Å². The molecular weight excluding hydrogens is 437 g/mol. The second-order valence-electron chi connectivity index (χ2n) is 8.01. The van der Waals surface area contributed by atoms with Gasteiger partial charge in [-0.3, -0.25) is 15.0 Å².